The van der Waals surface area contributed by atoms with E-state index in [0.717, 1.165) is 0 Å². The van der Waals surface area contributed by atoms with Crippen molar-refractivity contribution >= 4 is 0 Å². The van der Waals surface area contributed by atoms with Crippen molar-refractivity contribution in [2.75, 3.05) is 0 Å². The maximum Gasteiger partial charge on any atom is 0.420 e. The molecule has 0 spiro atoms. The van der Waals surface area contributed by atoms with Crippen LogP contribution in [0.2, 0.25) is 0 Å². The Morgan fingerprint density at radius 3 is 0.815 bits per heavy atom. The SMILES string of the molecule is FC(F)(F)CC(F)(F)C(OC(C(F)(F)F)C(F)(F)CC(F)(F)F)C(F)(F)F. The summed E-state index contributed by atoms with van der Waals surface area (Å²) in [6.07, 6.45) is -44.1. The zero-order valence-corrected chi connectivity index (χ0v) is 12.0. The third-order valence-electron chi connectivity index (χ3n) is 2.51. The molecule has 27 heavy (non-hydrogen) atoms. The molecule has 0 saturated carbocycles. The molecule has 1 nitrogen and oxygen atoms in total. The van der Waals surface area contributed by atoms with Crippen molar-refractivity contribution in [3.8, 4) is 0 Å². The van der Waals surface area contributed by atoms with E-state index in [4.69, 9.17) is 0 Å². The largest absolute Gasteiger partial charge is 0.420 e. The number of hydrogen-bond donors (Lipinski definition) is 0. The fourth-order valence-corrected chi connectivity index (χ4v) is 1.69. The van der Waals surface area contributed by atoms with Gasteiger partial charge in [0.15, 0.2) is 0 Å². The van der Waals surface area contributed by atoms with Crippen LogP contribution in [-0.4, -0.2) is 48.8 Å². The molecule has 0 aliphatic rings. The van der Waals surface area contributed by atoms with Gasteiger partial charge in [-0.3, -0.25) is 0 Å². The Morgan fingerprint density at radius 2 is 0.667 bits per heavy atom. The highest BCUT2D eigenvalue weighted by molar-refractivity contribution is 4.93. The highest BCUT2D eigenvalue weighted by Gasteiger charge is 2.67. The fraction of sp³-hybridized carbons (Fsp3) is 1.00. The number of ether oxygens (including phenoxy) is 1. The van der Waals surface area contributed by atoms with Crippen LogP contribution in [0.15, 0.2) is 0 Å². The maximum absolute atomic E-state index is 13.2. The van der Waals surface area contributed by atoms with Crippen molar-refractivity contribution in [3.05, 3.63) is 0 Å². The summed E-state index contributed by atoms with van der Waals surface area (Å²) in [6, 6.07) is 0. The van der Waals surface area contributed by atoms with Gasteiger partial charge >= 0.3 is 24.7 Å². The minimum absolute atomic E-state index is 2.45. The van der Waals surface area contributed by atoms with E-state index in [1.807, 2.05) is 0 Å². The zero-order chi connectivity index (χ0) is 22.3. The van der Waals surface area contributed by atoms with E-state index in [-0.39, 0.29) is 0 Å². The predicted octanol–water partition coefficient (Wildman–Crippen LogP) is 6.04. The van der Waals surface area contributed by atoms with Gasteiger partial charge in [0.25, 0.3) is 11.8 Å². The molecular weight excluding hydrogens is 440 g/mol. The van der Waals surface area contributed by atoms with Crippen molar-refractivity contribution in [1.82, 2.24) is 0 Å². The second kappa shape index (κ2) is 7.35. The summed E-state index contributed by atoms with van der Waals surface area (Å²) in [5, 5.41) is 0. The van der Waals surface area contributed by atoms with E-state index in [1.54, 1.807) is 0 Å². The number of hydrogen-bond acceptors (Lipinski definition) is 1. The summed E-state index contributed by atoms with van der Waals surface area (Å²) < 4.78 is 201. The molecule has 0 radical (unpaired) electrons. The molecule has 0 aromatic heterocycles. The van der Waals surface area contributed by atoms with Gasteiger partial charge in [-0.1, -0.05) is 0 Å². The van der Waals surface area contributed by atoms with Crippen LogP contribution >= 0.6 is 0 Å². The van der Waals surface area contributed by atoms with Crippen molar-refractivity contribution in [3.63, 3.8) is 0 Å². The first-order valence-electron chi connectivity index (χ1n) is 6.06. The second-order valence-electron chi connectivity index (χ2n) is 5.09. The Labute approximate surface area is 138 Å². The van der Waals surface area contributed by atoms with Crippen LogP contribution in [0, 0.1) is 0 Å². The molecule has 17 heteroatoms. The standard InChI is InChI=1S/C10H6F16O/c11-5(12,1-7(15,16)17)3(9(21,22)23)27-4(10(24,25)26)6(13,14)2-8(18,19)20/h3-4H,1-2H2. The van der Waals surface area contributed by atoms with Gasteiger partial charge in [0, 0.05) is 0 Å². The quantitative estimate of drug-likeness (QED) is 0.453. The molecule has 2 unspecified atom stereocenters. The molecule has 0 aliphatic carbocycles. The molecule has 0 N–H and O–H groups in total. The molecule has 0 aliphatic heterocycles. The van der Waals surface area contributed by atoms with Gasteiger partial charge in [-0.15, -0.1) is 0 Å². The molecule has 0 rings (SSSR count). The molecule has 2 atom stereocenters. The number of rotatable bonds is 6. The average Bonchev–Trinajstić information content (AvgIpc) is 2.15. The van der Waals surface area contributed by atoms with Gasteiger partial charge in [0.05, 0.1) is 0 Å². The lowest BCUT2D eigenvalue weighted by atomic mass is 10.1. The predicted molar refractivity (Wildman–Crippen MR) is 52.0 cm³/mol. The van der Waals surface area contributed by atoms with Crippen LogP contribution in [0.5, 0.6) is 0 Å². The lowest BCUT2D eigenvalue weighted by molar-refractivity contribution is -0.370. The Bertz CT molecular complexity index is 435. The van der Waals surface area contributed by atoms with E-state index in [9.17, 15) is 70.2 Å². The van der Waals surface area contributed by atoms with E-state index in [2.05, 4.69) is 4.74 Å². The molecule has 0 aromatic rings. The summed E-state index contributed by atoms with van der Waals surface area (Å²) in [5.41, 5.74) is 0. The van der Waals surface area contributed by atoms with Gasteiger partial charge in [0.2, 0.25) is 12.2 Å². The van der Waals surface area contributed by atoms with Crippen molar-refractivity contribution in [2.24, 2.45) is 0 Å². The monoisotopic (exact) mass is 446 g/mol. The lowest BCUT2D eigenvalue weighted by Crippen LogP contribution is -2.57. The van der Waals surface area contributed by atoms with E-state index >= 15 is 0 Å². The Hall–Kier alpha value is -1.16. The molecule has 0 aromatic carbocycles. The van der Waals surface area contributed by atoms with Gasteiger partial charge in [-0.2, -0.15) is 52.7 Å². The zero-order valence-electron chi connectivity index (χ0n) is 12.0. The van der Waals surface area contributed by atoms with Crippen LogP contribution in [-0.2, 0) is 4.74 Å². The van der Waals surface area contributed by atoms with Gasteiger partial charge < -0.3 is 4.74 Å². The smallest absolute Gasteiger partial charge is 0.344 e. The van der Waals surface area contributed by atoms with Gasteiger partial charge in [-0.25, -0.2) is 17.6 Å². The molecule has 0 amide bonds. The summed E-state index contributed by atoms with van der Waals surface area (Å²) in [7, 11) is 0. The Kier molecular flexibility index (Phi) is 7.03. The molecular formula is C10H6F16O. The first kappa shape index (κ1) is 25.8. The minimum atomic E-state index is -6.77. The normalized spacial score (nSPS) is 17.8. The molecule has 0 fully saturated rings. The summed E-state index contributed by atoms with van der Waals surface area (Å²) in [4.78, 5) is 0. The maximum atomic E-state index is 13.2. The number of alkyl halides is 16. The van der Waals surface area contributed by atoms with Crippen LogP contribution in [0.3, 0.4) is 0 Å². The molecule has 0 heterocycles. The van der Waals surface area contributed by atoms with Gasteiger partial charge in [-0.05, 0) is 0 Å². The van der Waals surface area contributed by atoms with Crippen molar-refractivity contribution in [1.29, 1.82) is 0 Å². The van der Waals surface area contributed by atoms with Crippen molar-refractivity contribution in [2.45, 2.75) is 61.6 Å². The number of halogens is 16. The molecule has 0 bridgehead atoms. The Balaban J connectivity index is 6.06. The third kappa shape index (κ3) is 8.59. The van der Waals surface area contributed by atoms with Crippen LogP contribution in [0.25, 0.3) is 0 Å². The second-order valence-corrected chi connectivity index (χ2v) is 5.09. The third-order valence-corrected chi connectivity index (χ3v) is 2.51. The van der Waals surface area contributed by atoms with Crippen molar-refractivity contribution < 1.29 is 75.0 Å². The first-order valence-corrected chi connectivity index (χ1v) is 6.06. The first-order chi connectivity index (χ1) is 11.4. The molecule has 164 valence electrons. The fourth-order valence-electron chi connectivity index (χ4n) is 1.69. The summed E-state index contributed by atoms with van der Waals surface area (Å²) in [6.45, 7) is 0. The minimum Gasteiger partial charge on any atom is -0.344 e. The Morgan fingerprint density at radius 1 is 0.444 bits per heavy atom. The molecule has 0 saturated heterocycles. The van der Waals surface area contributed by atoms with Gasteiger partial charge in [0.1, 0.15) is 12.8 Å². The van der Waals surface area contributed by atoms with Crippen LogP contribution in [0.4, 0.5) is 70.2 Å². The van der Waals surface area contributed by atoms with E-state index in [1.165, 1.54) is 0 Å². The van der Waals surface area contributed by atoms with E-state index < -0.39 is 61.6 Å². The summed E-state index contributed by atoms with van der Waals surface area (Å²) in [5.74, 6) is -12.5. The highest BCUT2D eigenvalue weighted by atomic mass is 19.4. The highest BCUT2D eigenvalue weighted by Crippen LogP contribution is 2.47. The van der Waals surface area contributed by atoms with E-state index in [0.29, 0.717) is 0 Å². The average molecular weight is 446 g/mol. The summed E-state index contributed by atoms with van der Waals surface area (Å²) >= 11 is 0. The van der Waals surface area contributed by atoms with Crippen LogP contribution < -0.4 is 0 Å². The topological polar surface area (TPSA) is 9.23 Å². The van der Waals surface area contributed by atoms with Crippen LogP contribution in [0.1, 0.15) is 12.8 Å². The lowest BCUT2D eigenvalue weighted by Gasteiger charge is -2.36.